The maximum absolute atomic E-state index is 13.4. The van der Waals surface area contributed by atoms with Crippen LogP contribution in [0.4, 0.5) is 5.13 Å². The molecule has 198 valence electrons. The molecule has 1 saturated heterocycles. The van der Waals surface area contributed by atoms with Crippen molar-refractivity contribution in [2.24, 2.45) is 0 Å². The van der Waals surface area contributed by atoms with Gasteiger partial charge in [-0.1, -0.05) is 48.9 Å². The number of aromatic nitrogens is 1. The van der Waals surface area contributed by atoms with Crippen LogP contribution in [0.25, 0.3) is 5.76 Å². The van der Waals surface area contributed by atoms with E-state index in [-0.39, 0.29) is 21.3 Å². The number of Topliss-reactive ketones (excluding diaryl/α,β-unsaturated/α-hetero) is 1. The summed E-state index contributed by atoms with van der Waals surface area (Å²) in [5, 5.41) is 11.5. The Morgan fingerprint density at radius 1 is 1.11 bits per heavy atom. The third-order valence-corrected chi connectivity index (χ3v) is 7.25. The largest absolute Gasteiger partial charge is 0.507 e. The van der Waals surface area contributed by atoms with Crippen LogP contribution in [0.5, 0.6) is 11.5 Å². The van der Waals surface area contributed by atoms with E-state index in [9.17, 15) is 19.5 Å². The molecule has 2 aromatic carbocycles. The van der Waals surface area contributed by atoms with Gasteiger partial charge in [-0.05, 0) is 43.2 Å². The Morgan fingerprint density at radius 3 is 2.50 bits per heavy atom. The van der Waals surface area contributed by atoms with Crippen LogP contribution in [0.2, 0.25) is 0 Å². The zero-order chi connectivity index (χ0) is 27.4. The van der Waals surface area contributed by atoms with Crippen molar-refractivity contribution < 1.29 is 33.7 Å². The Hall–Kier alpha value is -4.18. The zero-order valence-corrected chi connectivity index (χ0v) is 22.3. The van der Waals surface area contributed by atoms with Gasteiger partial charge in [0.25, 0.3) is 5.78 Å². The van der Waals surface area contributed by atoms with Gasteiger partial charge < -0.3 is 19.3 Å². The highest BCUT2D eigenvalue weighted by Crippen LogP contribution is 2.44. The van der Waals surface area contributed by atoms with Crippen molar-refractivity contribution in [3.63, 3.8) is 0 Å². The summed E-state index contributed by atoms with van der Waals surface area (Å²) in [5.41, 5.74) is 1.15. The van der Waals surface area contributed by atoms with Crippen LogP contribution in [0.15, 0.2) is 54.1 Å². The average molecular weight is 537 g/mol. The number of amides is 1. The SMILES string of the molecule is CCCCOc1cccc(C(O)=C2C(=O)C(=O)N(c3nc(C)c(C(=O)OC)s3)C2c2ccc(OC)cc2)c1. The van der Waals surface area contributed by atoms with Crippen molar-refractivity contribution in [3.8, 4) is 11.5 Å². The number of aliphatic hydroxyl groups is 1. The van der Waals surface area contributed by atoms with Crippen LogP contribution >= 0.6 is 11.3 Å². The first kappa shape index (κ1) is 26.9. The molecule has 1 aliphatic heterocycles. The maximum atomic E-state index is 13.4. The average Bonchev–Trinajstić information content (AvgIpc) is 3.44. The summed E-state index contributed by atoms with van der Waals surface area (Å²) >= 11 is 0.943. The molecule has 4 rings (SSSR count). The lowest BCUT2D eigenvalue weighted by Crippen LogP contribution is -2.29. The van der Waals surface area contributed by atoms with Gasteiger partial charge in [-0.2, -0.15) is 0 Å². The first-order valence-corrected chi connectivity index (χ1v) is 12.9. The second-order valence-electron chi connectivity index (χ2n) is 8.57. The van der Waals surface area contributed by atoms with Gasteiger partial charge in [-0.3, -0.25) is 14.5 Å². The molecular weight excluding hydrogens is 508 g/mol. The normalized spacial score (nSPS) is 16.5. The minimum Gasteiger partial charge on any atom is -0.507 e. The number of aryl methyl sites for hydroxylation is 1. The van der Waals surface area contributed by atoms with Crippen LogP contribution in [0.1, 0.15) is 52.3 Å². The zero-order valence-electron chi connectivity index (χ0n) is 21.5. The van der Waals surface area contributed by atoms with E-state index in [4.69, 9.17) is 14.2 Å². The maximum Gasteiger partial charge on any atom is 0.350 e. The number of anilines is 1. The number of rotatable bonds is 9. The molecule has 38 heavy (non-hydrogen) atoms. The van der Waals surface area contributed by atoms with Gasteiger partial charge in [0.1, 0.15) is 22.1 Å². The molecule has 0 aliphatic carbocycles. The Kier molecular flexibility index (Phi) is 8.11. The second-order valence-corrected chi connectivity index (χ2v) is 9.55. The van der Waals surface area contributed by atoms with Crippen molar-refractivity contribution in [3.05, 3.63) is 75.8 Å². The fourth-order valence-electron chi connectivity index (χ4n) is 4.12. The minimum atomic E-state index is -0.999. The quantitative estimate of drug-likeness (QED) is 0.133. The van der Waals surface area contributed by atoms with Crippen LogP contribution in [0.3, 0.4) is 0 Å². The van der Waals surface area contributed by atoms with E-state index in [2.05, 4.69) is 11.9 Å². The Morgan fingerprint density at radius 2 is 1.84 bits per heavy atom. The molecule has 2 heterocycles. The molecule has 1 amide bonds. The number of nitrogens with zero attached hydrogens (tertiary/aromatic N) is 2. The number of hydrogen-bond acceptors (Lipinski definition) is 9. The summed E-state index contributed by atoms with van der Waals surface area (Å²) in [7, 11) is 2.79. The predicted octanol–water partition coefficient (Wildman–Crippen LogP) is 5.05. The number of ether oxygens (including phenoxy) is 3. The molecule has 3 aromatic rings. The lowest BCUT2D eigenvalue weighted by atomic mass is 9.95. The molecule has 0 saturated carbocycles. The first-order chi connectivity index (χ1) is 18.3. The lowest BCUT2D eigenvalue weighted by molar-refractivity contribution is -0.132. The monoisotopic (exact) mass is 536 g/mol. The third kappa shape index (κ3) is 5.12. The summed E-state index contributed by atoms with van der Waals surface area (Å²) < 4.78 is 15.8. The number of unbranched alkanes of at least 4 members (excludes halogenated alkanes) is 1. The number of carbonyl (C=O) groups is 3. The summed E-state index contributed by atoms with van der Waals surface area (Å²) in [6, 6.07) is 12.6. The van der Waals surface area contributed by atoms with Crippen LogP contribution in [-0.2, 0) is 14.3 Å². The highest BCUT2D eigenvalue weighted by Gasteiger charge is 2.48. The van der Waals surface area contributed by atoms with E-state index in [0.29, 0.717) is 34.9 Å². The molecule has 0 spiro atoms. The van der Waals surface area contributed by atoms with Crippen molar-refractivity contribution in [2.75, 3.05) is 25.7 Å². The lowest BCUT2D eigenvalue weighted by Gasteiger charge is -2.23. The van der Waals surface area contributed by atoms with E-state index in [1.165, 1.54) is 19.1 Å². The third-order valence-electron chi connectivity index (χ3n) is 6.11. The molecule has 0 bridgehead atoms. The standard InChI is InChI=1S/C28H28N2O7S/c1-5-6-14-37-20-9-7-8-18(15-20)23(31)21-22(17-10-12-19(35-3)13-11-17)30(26(33)24(21)32)28-29-16(2)25(38-28)27(34)36-4/h7-13,15,22,31H,5-6,14H2,1-4H3. The number of thiazole rings is 1. The van der Waals surface area contributed by atoms with E-state index in [1.807, 2.05) is 0 Å². The molecule has 9 nitrogen and oxygen atoms in total. The molecule has 1 aromatic heterocycles. The molecule has 1 unspecified atom stereocenters. The van der Waals surface area contributed by atoms with E-state index < -0.39 is 23.7 Å². The van der Waals surface area contributed by atoms with Crippen molar-refractivity contribution in [1.29, 1.82) is 0 Å². The van der Waals surface area contributed by atoms with Crippen LogP contribution in [-0.4, -0.2) is 48.6 Å². The van der Waals surface area contributed by atoms with Gasteiger partial charge in [0.15, 0.2) is 5.13 Å². The highest BCUT2D eigenvalue weighted by atomic mass is 32.1. The molecule has 0 radical (unpaired) electrons. The smallest absolute Gasteiger partial charge is 0.350 e. The van der Waals surface area contributed by atoms with Gasteiger partial charge >= 0.3 is 11.9 Å². The van der Waals surface area contributed by atoms with Crippen molar-refractivity contribution in [1.82, 2.24) is 4.98 Å². The summed E-state index contributed by atoms with van der Waals surface area (Å²) in [6.45, 7) is 4.19. The topological polar surface area (TPSA) is 115 Å². The number of aliphatic hydroxyl groups excluding tert-OH is 1. The van der Waals surface area contributed by atoms with Gasteiger partial charge in [0.2, 0.25) is 0 Å². The Labute approximate surface area is 224 Å². The molecule has 1 fully saturated rings. The number of benzene rings is 2. The highest BCUT2D eigenvalue weighted by molar-refractivity contribution is 7.17. The van der Waals surface area contributed by atoms with Gasteiger partial charge in [-0.25, -0.2) is 9.78 Å². The number of esters is 1. The molecule has 10 heteroatoms. The molecule has 1 aliphatic rings. The number of hydrogen-bond donors (Lipinski definition) is 1. The van der Waals surface area contributed by atoms with E-state index >= 15 is 0 Å². The molecular formula is C28H28N2O7S. The minimum absolute atomic E-state index is 0.0988. The van der Waals surface area contributed by atoms with Crippen molar-refractivity contribution >= 4 is 39.9 Å². The van der Waals surface area contributed by atoms with Crippen LogP contribution in [0, 0.1) is 6.92 Å². The molecule has 1 N–H and O–H groups in total. The van der Waals surface area contributed by atoms with E-state index in [1.54, 1.807) is 55.5 Å². The first-order valence-electron chi connectivity index (χ1n) is 12.0. The second kappa shape index (κ2) is 11.5. The predicted molar refractivity (Wildman–Crippen MR) is 143 cm³/mol. The van der Waals surface area contributed by atoms with Crippen LogP contribution < -0.4 is 14.4 Å². The number of methoxy groups -OCH3 is 2. The van der Waals surface area contributed by atoms with Crippen molar-refractivity contribution in [2.45, 2.75) is 32.7 Å². The fraction of sp³-hybridized carbons (Fsp3) is 0.286. The molecule has 1 atom stereocenters. The van der Waals surface area contributed by atoms with E-state index in [0.717, 1.165) is 24.2 Å². The van der Waals surface area contributed by atoms with Gasteiger partial charge in [0.05, 0.1) is 38.1 Å². The Balaban J connectivity index is 1.86. The van der Waals surface area contributed by atoms with Gasteiger partial charge in [0, 0.05) is 5.56 Å². The van der Waals surface area contributed by atoms with Gasteiger partial charge in [-0.15, -0.1) is 0 Å². The Bertz CT molecular complexity index is 1390. The summed E-state index contributed by atoms with van der Waals surface area (Å²) in [6.07, 6.45) is 1.85. The number of ketones is 1. The summed E-state index contributed by atoms with van der Waals surface area (Å²) in [5.74, 6) is -1.55. The number of carbonyl (C=O) groups excluding carboxylic acids is 3. The fourth-order valence-corrected chi connectivity index (χ4v) is 5.13. The summed E-state index contributed by atoms with van der Waals surface area (Å²) in [4.78, 5) is 44.8.